The van der Waals surface area contributed by atoms with Crippen LogP contribution in [0.5, 0.6) is 0 Å². The Labute approximate surface area is 169 Å². The molecule has 148 valence electrons. The van der Waals surface area contributed by atoms with E-state index in [0.717, 1.165) is 27.9 Å². The number of carbonyl (C=O) groups is 1. The second kappa shape index (κ2) is 6.92. The normalized spacial score (nSPS) is 17.3. The molecule has 1 atom stereocenters. The number of nitrogens with two attached hydrogens (primary N) is 1. The summed E-state index contributed by atoms with van der Waals surface area (Å²) in [6, 6.07) is 17.5. The fraction of sp³-hybridized carbons (Fsp3) is 0.208. The first-order valence-corrected chi connectivity index (χ1v) is 9.52. The van der Waals surface area contributed by atoms with Gasteiger partial charge in [-0.15, -0.1) is 0 Å². The van der Waals surface area contributed by atoms with E-state index in [1.807, 2.05) is 18.2 Å². The average Bonchev–Trinajstić information content (AvgIpc) is 2.66. The largest absolute Gasteiger partial charge is 0.478 e. The molecule has 4 rings (SSSR count). The summed E-state index contributed by atoms with van der Waals surface area (Å²) in [5, 5.41) is 12.8. The molecule has 0 amide bonds. The molecule has 5 heteroatoms. The zero-order chi connectivity index (χ0) is 20.8. The van der Waals surface area contributed by atoms with Crippen molar-refractivity contribution in [1.82, 2.24) is 0 Å². The molecule has 4 nitrogen and oxygen atoms in total. The van der Waals surface area contributed by atoms with Gasteiger partial charge in [0.1, 0.15) is 5.82 Å². The Morgan fingerprint density at radius 2 is 1.79 bits per heavy atom. The SMILES string of the molecule is CC1(C)Cc2cc(C(=O)O)ccc2NC1c1cc(F)cc(-c2ccc(N)cc2)c1. The number of hydrogen-bond donors (Lipinski definition) is 3. The zero-order valence-electron chi connectivity index (χ0n) is 16.4. The van der Waals surface area contributed by atoms with Crippen molar-refractivity contribution >= 4 is 17.3 Å². The van der Waals surface area contributed by atoms with Crippen LogP contribution in [0.4, 0.5) is 15.8 Å². The molecular weight excluding hydrogens is 367 g/mol. The molecule has 29 heavy (non-hydrogen) atoms. The summed E-state index contributed by atoms with van der Waals surface area (Å²) in [5.74, 6) is -1.23. The van der Waals surface area contributed by atoms with Crippen molar-refractivity contribution in [3.05, 3.63) is 83.2 Å². The lowest BCUT2D eigenvalue weighted by Gasteiger charge is -2.41. The van der Waals surface area contributed by atoms with Crippen molar-refractivity contribution in [1.29, 1.82) is 0 Å². The summed E-state index contributed by atoms with van der Waals surface area (Å²) < 4.78 is 14.5. The summed E-state index contributed by atoms with van der Waals surface area (Å²) in [6.45, 7) is 4.21. The van der Waals surface area contributed by atoms with Crippen LogP contribution in [0.3, 0.4) is 0 Å². The predicted octanol–water partition coefficient (Wildman–Crippen LogP) is 5.51. The van der Waals surface area contributed by atoms with Crippen LogP contribution in [-0.4, -0.2) is 11.1 Å². The summed E-state index contributed by atoms with van der Waals surface area (Å²) >= 11 is 0. The van der Waals surface area contributed by atoms with E-state index in [9.17, 15) is 14.3 Å². The van der Waals surface area contributed by atoms with E-state index in [1.54, 1.807) is 36.4 Å². The number of halogens is 1. The maximum absolute atomic E-state index is 14.5. The molecule has 1 aliphatic heterocycles. The lowest BCUT2D eigenvalue weighted by molar-refractivity contribution is 0.0696. The lowest BCUT2D eigenvalue weighted by atomic mass is 9.72. The Hall–Kier alpha value is -3.34. The Bertz CT molecular complexity index is 1090. The number of nitrogen functional groups attached to an aromatic ring is 1. The van der Waals surface area contributed by atoms with Crippen LogP contribution in [0.1, 0.15) is 41.4 Å². The molecule has 0 fully saturated rings. The number of fused-ring (bicyclic) bond motifs is 1. The van der Waals surface area contributed by atoms with Gasteiger partial charge in [-0.1, -0.05) is 26.0 Å². The molecule has 0 bridgehead atoms. The fourth-order valence-corrected chi connectivity index (χ4v) is 4.11. The number of anilines is 2. The van der Waals surface area contributed by atoms with Crippen molar-refractivity contribution in [3.63, 3.8) is 0 Å². The number of aromatic carboxylic acids is 1. The van der Waals surface area contributed by atoms with E-state index in [1.165, 1.54) is 6.07 Å². The molecule has 4 N–H and O–H groups in total. The van der Waals surface area contributed by atoms with E-state index in [2.05, 4.69) is 19.2 Å². The van der Waals surface area contributed by atoms with Crippen molar-refractivity contribution in [2.75, 3.05) is 11.1 Å². The van der Waals surface area contributed by atoms with Gasteiger partial charge in [0.2, 0.25) is 0 Å². The zero-order valence-corrected chi connectivity index (χ0v) is 16.4. The maximum atomic E-state index is 14.5. The number of benzene rings is 3. The quantitative estimate of drug-likeness (QED) is 0.516. The van der Waals surface area contributed by atoms with Crippen LogP contribution in [0, 0.1) is 11.2 Å². The smallest absolute Gasteiger partial charge is 0.335 e. The number of carboxylic acid groups (broad SMARTS) is 1. The monoisotopic (exact) mass is 390 g/mol. The molecule has 3 aromatic rings. The Morgan fingerprint density at radius 1 is 1.07 bits per heavy atom. The first kappa shape index (κ1) is 19.0. The third kappa shape index (κ3) is 3.68. The van der Waals surface area contributed by atoms with Crippen molar-refractivity contribution in [2.45, 2.75) is 26.3 Å². The van der Waals surface area contributed by atoms with Crippen molar-refractivity contribution < 1.29 is 14.3 Å². The molecule has 1 heterocycles. The van der Waals surface area contributed by atoms with Gasteiger partial charge in [-0.3, -0.25) is 0 Å². The van der Waals surface area contributed by atoms with Gasteiger partial charge >= 0.3 is 5.97 Å². The Morgan fingerprint density at radius 3 is 2.48 bits per heavy atom. The topological polar surface area (TPSA) is 75.3 Å². The van der Waals surface area contributed by atoms with E-state index >= 15 is 0 Å². The summed E-state index contributed by atoms with van der Waals surface area (Å²) in [5.41, 5.74) is 10.9. The second-order valence-electron chi connectivity index (χ2n) is 8.32. The minimum absolute atomic E-state index is 0.117. The van der Waals surface area contributed by atoms with Crippen LogP contribution >= 0.6 is 0 Å². The average molecular weight is 390 g/mol. The van der Waals surface area contributed by atoms with E-state index in [-0.39, 0.29) is 22.8 Å². The number of rotatable bonds is 3. The highest BCUT2D eigenvalue weighted by Crippen LogP contribution is 2.45. The van der Waals surface area contributed by atoms with Gasteiger partial charge in [0, 0.05) is 11.4 Å². The standard InChI is InChI=1S/C24H23FN2O2/c1-24(2)13-18-9-15(23(28)29)5-8-21(18)27-22(24)17-10-16(11-19(25)12-17)14-3-6-20(26)7-4-14/h3-12,22,27H,13,26H2,1-2H3,(H,28,29). The minimum Gasteiger partial charge on any atom is -0.478 e. The van der Waals surface area contributed by atoms with Crippen molar-refractivity contribution in [3.8, 4) is 11.1 Å². The van der Waals surface area contributed by atoms with E-state index in [4.69, 9.17) is 5.73 Å². The highest BCUT2D eigenvalue weighted by atomic mass is 19.1. The van der Waals surface area contributed by atoms with Crippen LogP contribution in [0.2, 0.25) is 0 Å². The summed E-state index contributed by atoms with van der Waals surface area (Å²) in [7, 11) is 0. The van der Waals surface area contributed by atoms with E-state index in [0.29, 0.717) is 12.1 Å². The van der Waals surface area contributed by atoms with Gasteiger partial charge in [0.15, 0.2) is 0 Å². The van der Waals surface area contributed by atoms with Gasteiger partial charge in [-0.2, -0.15) is 0 Å². The Balaban J connectivity index is 1.74. The Kier molecular flexibility index (Phi) is 4.53. The summed E-state index contributed by atoms with van der Waals surface area (Å²) in [6.07, 6.45) is 0.689. The molecule has 0 saturated carbocycles. The van der Waals surface area contributed by atoms with Gasteiger partial charge < -0.3 is 16.2 Å². The molecule has 0 saturated heterocycles. The third-order valence-corrected chi connectivity index (χ3v) is 5.58. The van der Waals surface area contributed by atoms with Crippen LogP contribution in [0.15, 0.2) is 60.7 Å². The van der Waals surface area contributed by atoms with Crippen LogP contribution in [0.25, 0.3) is 11.1 Å². The van der Waals surface area contributed by atoms with Crippen LogP contribution < -0.4 is 11.1 Å². The lowest BCUT2D eigenvalue weighted by Crippen LogP contribution is -2.35. The molecule has 1 unspecified atom stereocenters. The molecule has 1 aliphatic rings. The van der Waals surface area contributed by atoms with Gasteiger partial charge in [0.25, 0.3) is 0 Å². The molecule has 0 spiro atoms. The highest BCUT2D eigenvalue weighted by molar-refractivity contribution is 5.88. The highest BCUT2D eigenvalue weighted by Gasteiger charge is 2.36. The predicted molar refractivity (Wildman–Crippen MR) is 113 cm³/mol. The summed E-state index contributed by atoms with van der Waals surface area (Å²) in [4.78, 5) is 11.3. The molecule has 0 radical (unpaired) electrons. The fourth-order valence-electron chi connectivity index (χ4n) is 4.11. The molecule has 0 aromatic heterocycles. The first-order valence-electron chi connectivity index (χ1n) is 9.52. The number of carboxylic acids is 1. The first-order chi connectivity index (χ1) is 13.7. The van der Waals surface area contributed by atoms with Gasteiger partial charge in [0.05, 0.1) is 11.6 Å². The molecular formula is C24H23FN2O2. The van der Waals surface area contributed by atoms with E-state index < -0.39 is 5.97 Å². The number of hydrogen-bond acceptors (Lipinski definition) is 3. The second-order valence-corrected chi connectivity index (χ2v) is 8.32. The van der Waals surface area contributed by atoms with Crippen molar-refractivity contribution in [2.24, 2.45) is 5.41 Å². The van der Waals surface area contributed by atoms with Gasteiger partial charge in [-0.25, -0.2) is 9.18 Å². The molecule has 0 aliphatic carbocycles. The molecule has 3 aromatic carbocycles. The van der Waals surface area contributed by atoms with Gasteiger partial charge in [-0.05, 0) is 82.6 Å². The maximum Gasteiger partial charge on any atom is 0.335 e. The van der Waals surface area contributed by atoms with Crippen LogP contribution in [-0.2, 0) is 6.42 Å². The minimum atomic E-state index is -0.939. The third-order valence-electron chi connectivity index (χ3n) is 5.58. The number of nitrogens with one attached hydrogen (secondary N) is 1.